The maximum atomic E-state index is 7.35. The summed E-state index contributed by atoms with van der Waals surface area (Å²) in [5.41, 5.74) is 10.2. The van der Waals surface area contributed by atoms with Gasteiger partial charge in [0.15, 0.2) is 0 Å². The average Bonchev–Trinajstić information content (AvgIpc) is 2.35. The number of anilines is 1. The van der Waals surface area contributed by atoms with E-state index in [-0.39, 0.29) is 0 Å². The van der Waals surface area contributed by atoms with Crippen molar-refractivity contribution < 1.29 is 0 Å². The van der Waals surface area contributed by atoms with Crippen molar-refractivity contribution in [2.75, 3.05) is 19.4 Å². The van der Waals surface area contributed by atoms with Gasteiger partial charge in [-0.15, -0.1) is 0 Å². The summed E-state index contributed by atoms with van der Waals surface area (Å²) in [5, 5.41) is 10.4. The lowest BCUT2D eigenvalue weighted by Crippen LogP contribution is -2.07. The zero-order valence-electron chi connectivity index (χ0n) is 10.4. The van der Waals surface area contributed by atoms with Crippen LogP contribution in [-0.2, 0) is 0 Å². The molecule has 0 aromatic heterocycles. The van der Waals surface area contributed by atoms with E-state index in [2.05, 4.69) is 10.3 Å². The second kappa shape index (κ2) is 5.84. The molecule has 0 heterocycles. The maximum Gasteiger partial charge on any atom is 0.0513 e. The van der Waals surface area contributed by atoms with Crippen molar-refractivity contribution in [2.45, 2.75) is 6.92 Å². The van der Waals surface area contributed by atoms with Crippen molar-refractivity contribution >= 4 is 23.8 Å². The van der Waals surface area contributed by atoms with Crippen LogP contribution < -0.4 is 11.1 Å². The molecule has 4 heteroatoms. The average molecular weight is 230 g/mol. The molecule has 1 aromatic rings. The van der Waals surface area contributed by atoms with E-state index in [1.165, 1.54) is 6.21 Å². The highest BCUT2D eigenvalue weighted by Gasteiger charge is 2.07. The Morgan fingerprint density at radius 1 is 1.47 bits per heavy atom. The minimum atomic E-state index is 0.554. The van der Waals surface area contributed by atoms with Gasteiger partial charge in [-0.05, 0) is 19.1 Å². The normalized spacial score (nSPS) is 12.4. The molecule has 0 aliphatic carbocycles. The molecule has 0 atom stereocenters. The van der Waals surface area contributed by atoms with E-state index in [1.807, 2.05) is 32.2 Å². The third-order valence-electron chi connectivity index (χ3n) is 2.47. The number of aliphatic imine (C=N–C) groups is 1. The van der Waals surface area contributed by atoms with Crippen LogP contribution in [0.4, 0.5) is 5.69 Å². The Hall–Kier alpha value is -2.10. The van der Waals surface area contributed by atoms with Crippen molar-refractivity contribution in [3.8, 4) is 0 Å². The predicted molar refractivity (Wildman–Crippen MR) is 75.0 cm³/mol. The summed E-state index contributed by atoms with van der Waals surface area (Å²) < 4.78 is 0. The monoisotopic (exact) mass is 230 g/mol. The molecule has 0 spiro atoms. The molecule has 4 nitrogen and oxygen atoms in total. The van der Waals surface area contributed by atoms with Gasteiger partial charge < -0.3 is 16.5 Å². The Labute approximate surface area is 102 Å². The second-order valence-corrected chi connectivity index (χ2v) is 3.70. The fourth-order valence-electron chi connectivity index (χ4n) is 1.58. The van der Waals surface area contributed by atoms with Gasteiger partial charge in [-0.1, -0.05) is 11.6 Å². The molecule has 0 fully saturated rings. The highest BCUT2D eigenvalue weighted by molar-refractivity contribution is 6.10. The predicted octanol–water partition coefficient (Wildman–Crippen LogP) is 2.06. The molecule has 0 radical (unpaired) electrons. The summed E-state index contributed by atoms with van der Waals surface area (Å²) >= 11 is 0. The van der Waals surface area contributed by atoms with Gasteiger partial charge in [-0.2, -0.15) is 0 Å². The molecule has 0 unspecified atom stereocenters. The lowest BCUT2D eigenvalue weighted by molar-refractivity contribution is 1.38. The van der Waals surface area contributed by atoms with Crippen LogP contribution in [0.15, 0.2) is 28.8 Å². The van der Waals surface area contributed by atoms with Crippen LogP contribution in [0, 0.1) is 12.3 Å². The van der Waals surface area contributed by atoms with Gasteiger partial charge in [0.2, 0.25) is 0 Å². The third-order valence-corrected chi connectivity index (χ3v) is 2.47. The zero-order valence-corrected chi connectivity index (χ0v) is 10.4. The van der Waals surface area contributed by atoms with Gasteiger partial charge in [-0.25, -0.2) is 0 Å². The van der Waals surface area contributed by atoms with Crippen LogP contribution in [0.1, 0.15) is 11.1 Å². The first kappa shape index (κ1) is 13.0. The lowest BCUT2D eigenvalue weighted by atomic mass is 10.0. The number of rotatable bonds is 4. The van der Waals surface area contributed by atoms with Crippen molar-refractivity contribution in [3.63, 3.8) is 0 Å². The van der Waals surface area contributed by atoms with E-state index in [9.17, 15) is 0 Å². The minimum Gasteiger partial charge on any atom is -0.398 e. The number of allylic oxidation sites excluding steroid dienone is 1. The molecule has 0 saturated heterocycles. The quantitative estimate of drug-likeness (QED) is 0.692. The van der Waals surface area contributed by atoms with Crippen molar-refractivity contribution in [2.24, 2.45) is 10.7 Å². The molecule has 0 saturated carbocycles. The number of nitrogens with two attached hydrogens (primary N) is 1. The van der Waals surface area contributed by atoms with Crippen molar-refractivity contribution in [1.82, 2.24) is 0 Å². The highest BCUT2D eigenvalue weighted by Crippen LogP contribution is 2.23. The van der Waals surface area contributed by atoms with Gasteiger partial charge in [-0.3, -0.25) is 4.99 Å². The van der Waals surface area contributed by atoms with Crippen LogP contribution in [0.25, 0.3) is 5.70 Å². The van der Waals surface area contributed by atoms with Crippen LogP contribution in [-0.4, -0.2) is 26.5 Å². The third kappa shape index (κ3) is 2.93. The summed E-state index contributed by atoms with van der Waals surface area (Å²) in [6, 6.07) is 5.98. The summed E-state index contributed by atoms with van der Waals surface area (Å²) in [7, 11) is 3.51. The molecule has 0 aliphatic rings. The van der Waals surface area contributed by atoms with Gasteiger partial charge in [0.05, 0.1) is 5.70 Å². The van der Waals surface area contributed by atoms with E-state index in [0.717, 1.165) is 16.8 Å². The Morgan fingerprint density at radius 2 is 2.18 bits per heavy atom. The fraction of sp³-hybridized carbons (Fsp3) is 0.231. The Kier molecular flexibility index (Phi) is 4.46. The molecule has 1 aromatic carbocycles. The smallest absolute Gasteiger partial charge is 0.0513 e. The number of hydrogen-bond acceptors (Lipinski definition) is 4. The second-order valence-electron chi connectivity index (χ2n) is 3.70. The SMILES string of the molecule is CN=CC(C=N)=C(N)c1cc(C)ccc1NC. The molecule has 0 amide bonds. The minimum absolute atomic E-state index is 0.554. The largest absolute Gasteiger partial charge is 0.398 e. The first-order valence-corrected chi connectivity index (χ1v) is 5.35. The van der Waals surface area contributed by atoms with Gasteiger partial charge in [0, 0.05) is 43.3 Å². The van der Waals surface area contributed by atoms with E-state index in [4.69, 9.17) is 11.1 Å². The molecular formula is C13H18N4. The molecule has 1 rings (SSSR count). The van der Waals surface area contributed by atoms with Crippen molar-refractivity contribution in [3.05, 3.63) is 34.9 Å². The zero-order chi connectivity index (χ0) is 12.8. The van der Waals surface area contributed by atoms with E-state index in [0.29, 0.717) is 11.3 Å². The number of nitrogens with zero attached hydrogens (tertiary/aromatic N) is 1. The fourth-order valence-corrected chi connectivity index (χ4v) is 1.58. The van der Waals surface area contributed by atoms with E-state index >= 15 is 0 Å². The summed E-state index contributed by atoms with van der Waals surface area (Å²) in [6.45, 7) is 2.01. The molecule has 0 aliphatic heterocycles. The number of hydrogen-bond donors (Lipinski definition) is 3. The van der Waals surface area contributed by atoms with Crippen LogP contribution >= 0.6 is 0 Å². The van der Waals surface area contributed by atoms with Gasteiger partial charge >= 0.3 is 0 Å². The Morgan fingerprint density at radius 3 is 2.71 bits per heavy atom. The highest BCUT2D eigenvalue weighted by atomic mass is 14.8. The summed E-state index contributed by atoms with van der Waals surface area (Å²) in [5.74, 6) is 0. The standard InChI is InChI=1S/C13H18N4/c1-9-4-5-12(17-3)11(6-9)13(15)10(7-14)8-16-2/h4-8,14,17H,15H2,1-3H3. The number of benzene rings is 1. The molecule has 90 valence electrons. The maximum absolute atomic E-state index is 7.35. The van der Waals surface area contributed by atoms with Gasteiger partial charge in [0.25, 0.3) is 0 Å². The van der Waals surface area contributed by atoms with E-state index in [1.54, 1.807) is 13.3 Å². The first-order chi connectivity index (χ1) is 8.13. The van der Waals surface area contributed by atoms with Gasteiger partial charge in [0.1, 0.15) is 0 Å². The van der Waals surface area contributed by atoms with Crippen LogP contribution in [0.2, 0.25) is 0 Å². The van der Waals surface area contributed by atoms with E-state index < -0.39 is 0 Å². The van der Waals surface area contributed by atoms with Crippen molar-refractivity contribution in [1.29, 1.82) is 5.41 Å². The molecular weight excluding hydrogens is 212 g/mol. The number of aryl methyl sites for hydroxylation is 1. The topological polar surface area (TPSA) is 74.3 Å². The Bertz CT molecular complexity index is 472. The van der Waals surface area contributed by atoms with Crippen LogP contribution in [0.3, 0.4) is 0 Å². The summed E-state index contributed by atoms with van der Waals surface area (Å²) in [6.07, 6.45) is 2.80. The molecule has 4 N–H and O–H groups in total. The number of nitrogens with one attached hydrogen (secondary N) is 2. The lowest BCUT2D eigenvalue weighted by Gasteiger charge is -2.11. The van der Waals surface area contributed by atoms with Crippen LogP contribution in [0.5, 0.6) is 0 Å². The molecule has 17 heavy (non-hydrogen) atoms. The first-order valence-electron chi connectivity index (χ1n) is 5.35. The Balaban J connectivity index is 3.40. The summed E-state index contributed by atoms with van der Waals surface area (Å²) in [4.78, 5) is 3.90. The molecule has 0 bridgehead atoms.